The molecule has 0 bridgehead atoms. The molecule has 4 aromatic rings. The number of nitrogens with one attached hydrogen (secondary N) is 2. The lowest BCUT2D eigenvalue weighted by Crippen LogP contribution is -2.42. The first-order valence-electron chi connectivity index (χ1n) is 16.6. The van der Waals surface area contributed by atoms with E-state index in [1.165, 1.54) is 0 Å². The van der Waals surface area contributed by atoms with E-state index < -0.39 is 18.1 Å². The highest BCUT2D eigenvalue weighted by molar-refractivity contribution is 6.30. The van der Waals surface area contributed by atoms with Crippen LogP contribution in [0.4, 0.5) is 4.79 Å². The van der Waals surface area contributed by atoms with Crippen LogP contribution in [0.15, 0.2) is 48.5 Å². The Morgan fingerprint density at radius 1 is 1.02 bits per heavy atom. The number of hydrogen-bond acceptors (Lipinski definition) is 13. The second-order valence-electron chi connectivity index (χ2n) is 11.5. The molecule has 50 heavy (non-hydrogen) atoms. The number of aromatic nitrogens is 6. The van der Waals surface area contributed by atoms with Crippen LogP contribution in [0, 0.1) is 0 Å². The number of rotatable bonds is 21. The Morgan fingerprint density at radius 2 is 1.78 bits per heavy atom. The van der Waals surface area contributed by atoms with Gasteiger partial charge in [-0.2, -0.15) is 0 Å². The van der Waals surface area contributed by atoms with E-state index in [4.69, 9.17) is 37.2 Å². The van der Waals surface area contributed by atoms with Gasteiger partial charge in [0.15, 0.2) is 11.0 Å². The van der Waals surface area contributed by atoms with Crippen LogP contribution >= 0.6 is 11.6 Å². The van der Waals surface area contributed by atoms with Gasteiger partial charge in [0, 0.05) is 18.5 Å². The number of halogens is 1. The van der Waals surface area contributed by atoms with Crippen molar-refractivity contribution in [3.63, 3.8) is 0 Å². The molecular formula is C33H44ClN9O7. The van der Waals surface area contributed by atoms with E-state index in [0.29, 0.717) is 63.1 Å². The van der Waals surface area contributed by atoms with Gasteiger partial charge in [-0.3, -0.25) is 15.3 Å². The molecule has 2 aromatic carbocycles. The summed E-state index contributed by atoms with van der Waals surface area (Å²) in [5.74, 6) is 0.745. The van der Waals surface area contributed by atoms with Gasteiger partial charge in [-0.05, 0) is 72.2 Å². The lowest BCUT2D eigenvalue weighted by Gasteiger charge is -2.18. The third-order valence-corrected chi connectivity index (χ3v) is 8.15. The Hall–Kier alpha value is -4.45. The monoisotopic (exact) mass is 713 g/mol. The number of carbonyl (C=O) groups is 2. The molecule has 16 nitrogen and oxygen atoms in total. The fourth-order valence-corrected chi connectivity index (χ4v) is 5.48. The maximum absolute atomic E-state index is 13.0. The molecule has 0 radical (unpaired) electrons. The quantitative estimate of drug-likeness (QED) is 0.0445. The second-order valence-corrected chi connectivity index (χ2v) is 11.8. The van der Waals surface area contributed by atoms with Crippen molar-refractivity contribution in [1.82, 2.24) is 40.9 Å². The Bertz CT molecular complexity index is 1620. The largest absolute Gasteiger partial charge is 0.464 e. The molecule has 4 rings (SSSR count). The summed E-state index contributed by atoms with van der Waals surface area (Å²) in [5, 5.41) is 33.9. The molecule has 2 aromatic heterocycles. The Morgan fingerprint density at radius 3 is 2.48 bits per heavy atom. The van der Waals surface area contributed by atoms with E-state index in [-0.39, 0.29) is 30.4 Å². The van der Waals surface area contributed by atoms with Gasteiger partial charge in [0.05, 0.1) is 24.3 Å². The number of amides is 1. The summed E-state index contributed by atoms with van der Waals surface area (Å²) in [6.45, 7) is 2.90. The smallest absolute Gasteiger partial charge is 0.408 e. The number of nitrogens with zero attached hydrogens (tertiary/aromatic N) is 6. The lowest BCUT2D eigenvalue weighted by molar-refractivity contribution is -0.492. The molecule has 2 heterocycles. The number of ether oxygens (including phenoxy) is 2. The van der Waals surface area contributed by atoms with Crippen LogP contribution in [-0.2, 0) is 38.7 Å². The third kappa shape index (κ3) is 11.6. The van der Waals surface area contributed by atoms with E-state index in [1.807, 2.05) is 53.1 Å². The lowest BCUT2D eigenvalue weighted by atomic mass is 9.98. The van der Waals surface area contributed by atoms with Crippen LogP contribution in [-0.4, -0.2) is 83.8 Å². The molecule has 17 heteroatoms. The van der Waals surface area contributed by atoms with Crippen LogP contribution in [0.25, 0.3) is 22.5 Å². The van der Waals surface area contributed by atoms with Gasteiger partial charge in [-0.25, -0.2) is 19.7 Å². The number of hydrogen-bond donors (Lipinski definition) is 5. The van der Waals surface area contributed by atoms with E-state index in [2.05, 4.69) is 42.7 Å². The molecule has 0 saturated carbocycles. The number of imidazole rings is 1. The first-order valence-corrected chi connectivity index (χ1v) is 17.0. The Labute approximate surface area is 294 Å². The summed E-state index contributed by atoms with van der Waals surface area (Å²) in [6.07, 6.45) is 4.15. The van der Waals surface area contributed by atoms with Gasteiger partial charge in [-0.1, -0.05) is 73.5 Å². The molecule has 6 N–H and O–H groups in total. The molecule has 1 amide bonds. The van der Waals surface area contributed by atoms with Crippen molar-refractivity contribution in [2.45, 2.75) is 77.5 Å². The molecule has 0 spiro atoms. The summed E-state index contributed by atoms with van der Waals surface area (Å²) in [5.41, 5.74) is 9.99. The number of tetrazole rings is 1. The Balaban J connectivity index is 1.42. The molecular weight excluding hydrogens is 670 g/mol. The summed E-state index contributed by atoms with van der Waals surface area (Å²) in [7, 11) is 0. The van der Waals surface area contributed by atoms with E-state index in [1.54, 1.807) is 0 Å². The maximum Gasteiger partial charge on any atom is 0.408 e. The third-order valence-electron chi connectivity index (χ3n) is 7.84. The number of alkyl carbamates (subject to hydrolysis) is 1. The van der Waals surface area contributed by atoms with Crippen LogP contribution in [0.5, 0.6) is 0 Å². The average molecular weight is 714 g/mol. The number of carbonyl (C=O) groups excluding carboxylic acids is 2. The highest BCUT2D eigenvalue weighted by atomic mass is 35.5. The summed E-state index contributed by atoms with van der Waals surface area (Å²) >= 11 is 6.61. The van der Waals surface area contributed by atoms with Gasteiger partial charge in [0.25, 0.3) is 0 Å². The maximum atomic E-state index is 13.0. The van der Waals surface area contributed by atoms with Crippen molar-refractivity contribution in [1.29, 1.82) is 0 Å². The Kier molecular flexibility index (Phi) is 15.6. The number of aryl methyl sites for hydroxylation is 1. The zero-order valence-corrected chi connectivity index (χ0v) is 28.7. The number of unbranched alkanes of at least 4 members (excludes halogenated alkanes) is 3. The molecule has 270 valence electrons. The van der Waals surface area contributed by atoms with Crippen LogP contribution in [0.2, 0.25) is 5.15 Å². The van der Waals surface area contributed by atoms with Crippen molar-refractivity contribution in [3.05, 3.63) is 70.8 Å². The normalized spacial score (nSPS) is 11.9. The van der Waals surface area contributed by atoms with Gasteiger partial charge in [0.1, 0.15) is 18.5 Å². The minimum atomic E-state index is -0.944. The molecule has 1 atom stereocenters. The minimum absolute atomic E-state index is 0.0247. The summed E-state index contributed by atoms with van der Waals surface area (Å²) < 4.78 is 12.9. The van der Waals surface area contributed by atoms with Crippen molar-refractivity contribution < 1.29 is 34.3 Å². The van der Waals surface area contributed by atoms with Crippen molar-refractivity contribution in [2.24, 2.45) is 5.73 Å². The molecule has 0 saturated heterocycles. The summed E-state index contributed by atoms with van der Waals surface area (Å²) in [4.78, 5) is 34.9. The number of aromatic amines is 1. The number of nitrogens with two attached hydrogens (primary N) is 1. The highest BCUT2D eigenvalue weighted by Gasteiger charge is 2.24. The molecule has 0 unspecified atom stereocenters. The predicted molar refractivity (Wildman–Crippen MR) is 182 cm³/mol. The minimum Gasteiger partial charge on any atom is -0.464 e. The standard InChI is InChI=1S/C33H44ClN9O7/c1-2-3-13-29-37-30(34)28(22-49-33(45)36-27(12-6-7-18-35)32(44)48-19-8-9-20-50-43(46)47)42(29)21-23-14-16-24(17-15-23)25-10-4-5-11-26(25)31-38-40-41-39-31/h4-5,10-11,14-17,27,46-47H,2-3,6-9,12-13,18-22,35H2,1H3,(H,36,45)(H,38,39,40,41)/t27-/m0/s1. The van der Waals surface area contributed by atoms with Gasteiger partial charge in [0.2, 0.25) is 0 Å². The van der Waals surface area contributed by atoms with E-state index in [0.717, 1.165) is 40.9 Å². The highest BCUT2D eigenvalue weighted by Crippen LogP contribution is 2.30. The van der Waals surface area contributed by atoms with Gasteiger partial charge >= 0.3 is 12.1 Å². The van der Waals surface area contributed by atoms with Crippen LogP contribution in [0.1, 0.15) is 69.0 Å². The summed E-state index contributed by atoms with van der Waals surface area (Å²) in [6, 6.07) is 15.0. The number of esters is 1. The van der Waals surface area contributed by atoms with Crippen LogP contribution < -0.4 is 11.1 Å². The first kappa shape index (κ1) is 38.4. The SMILES string of the molecule is CCCCc1nc(Cl)c(COC(=O)N[C@@H](CCCCN)C(=O)OCCCCON(O)O)n1Cc1ccc(-c2ccccc2-c2nnn[nH]2)cc1. The number of H-pyrrole nitrogens is 1. The van der Waals surface area contributed by atoms with E-state index >= 15 is 0 Å². The van der Waals surface area contributed by atoms with Gasteiger partial charge in [-0.15, -0.1) is 5.10 Å². The van der Waals surface area contributed by atoms with Crippen molar-refractivity contribution in [3.8, 4) is 22.5 Å². The molecule has 0 aliphatic carbocycles. The number of benzene rings is 2. The van der Waals surface area contributed by atoms with Crippen LogP contribution in [0.3, 0.4) is 0 Å². The zero-order valence-electron chi connectivity index (χ0n) is 28.0. The first-order chi connectivity index (χ1) is 24.3. The topological polar surface area (TPSA) is 216 Å². The zero-order chi connectivity index (χ0) is 35.7. The van der Waals surface area contributed by atoms with Gasteiger partial charge < -0.3 is 25.1 Å². The second kappa shape index (κ2) is 20.3. The molecule has 0 aliphatic rings. The van der Waals surface area contributed by atoms with Crippen molar-refractivity contribution >= 4 is 23.7 Å². The van der Waals surface area contributed by atoms with Crippen molar-refractivity contribution in [2.75, 3.05) is 19.8 Å². The fourth-order valence-electron chi connectivity index (χ4n) is 5.23. The molecule has 0 aliphatic heterocycles. The fraction of sp³-hybridized carbons (Fsp3) is 0.455. The average Bonchev–Trinajstić information content (AvgIpc) is 3.75. The van der Waals surface area contributed by atoms with E-state index in [9.17, 15) is 9.59 Å². The molecule has 0 fully saturated rings. The predicted octanol–water partition coefficient (Wildman–Crippen LogP) is 4.83.